The molecule has 19 heavy (non-hydrogen) atoms. The highest BCUT2D eigenvalue weighted by Crippen LogP contribution is 2.34. The number of hydrogen-bond acceptors (Lipinski definition) is 5. The molecule has 1 atom stereocenters. The van der Waals surface area contributed by atoms with E-state index in [1.165, 1.54) is 0 Å². The van der Waals surface area contributed by atoms with Gasteiger partial charge in [0, 0.05) is 20.1 Å². The molecule has 0 aromatic carbocycles. The standard InChI is InChI=1S/C12H21N5O2/c1-4-10-11(17(18)19)12(15(3)14-10)16-6-5-9(8-16)7-13-2/h9,13H,4-8H2,1-3H3. The molecule has 2 heterocycles. The molecule has 106 valence electrons. The fourth-order valence-electron chi connectivity index (χ4n) is 2.82. The minimum Gasteiger partial charge on any atom is -0.351 e. The number of hydrogen-bond donors (Lipinski definition) is 1. The van der Waals surface area contributed by atoms with Gasteiger partial charge < -0.3 is 10.2 Å². The molecule has 7 heteroatoms. The van der Waals surface area contributed by atoms with E-state index in [1.807, 2.05) is 14.0 Å². The van der Waals surface area contributed by atoms with Crippen molar-refractivity contribution in [3.63, 3.8) is 0 Å². The maximum atomic E-state index is 11.3. The van der Waals surface area contributed by atoms with Crippen LogP contribution in [0.3, 0.4) is 0 Å². The van der Waals surface area contributed by atoms with Gasteiger partial charge in [-0.05, 0) is 32.4 Å². The zero-order chi connectivity index (χ0) is 14.0. The summed E-state index contributed by atoms with van der Waals surface area (Å²) >= 11 is 0. The van der Waals surface area contributed by atoms with Crippen molar-refractivity contribution < 1.29 is 4.92 Å². The highest BCUT2D eigenvalue weighted by molar-refractivity contribution is 5.62. The van der Waals surface area contributed by atoms with E-state index < -0.39 is 0 Å². The average Bonchev–Trinajstić information content (AvgIpc) is 2.93. The summed E-state index contributed by atoms with van der Waals surface area (Å²) in [7, 11) is 3.72. The Hall–Kier alpha value is -1.63. The van der Waals surface area contributed by atoms with Crippen LogP contribution in [0.15, 0.2) is 0 Å². The van der Waals surface area contributed by atoms with Gasteiger partial charge in [-0.3, -0.25) is 10.1 Å². The highest BCUT2D eigenvalue weighted by Gasteiger charge is 2.33. The second-order valence-electron chi connectivity index (χ2n) is 5.01. The molecule has 1 fully saturated rings. The Bertz CT molecular complexity index is 471. The van der Waals surface area contributed by atoms with Gasteiger partial charge in [-0.2, -0.15) is 5.10 Å². The Labute approximate surface area is 112 Å². The van der Waals surface area contributed by atoms with Crippen LogP contribution in [0.25, 0.3) is 0 Å². The molecular formula is C12H21N5O2. The summed E-state index contributed by atoms with van der Waals surface area (Å²) in [6.45, 7) is 4.55. The lowest BCUT2D eigenvalue weighted by molar-refractivity contribution is -0.384. The quantitative estimate of drug-likeness (QED) is 0.634. The molecule has 0 amide bonds. The molecule has 0 spiro atoms. The Kier molecular flexibility index (Phi) is 4.04. The number of nitrogens with zero attached hydrogens (tertiary/aromatic N) is 4. The van der Waals surface area contributed by atoms with Crippen molar-refractivity contribution in [2.75, 3.05) is 31.6 Å². The Morgan fingerprint density at radius 3 is 2.89 bits per heavy atom. The molecule has 1 aliphatic heterocycles. The molecule has 0 saturated carbocycles. The smallest absolute Gasteiger partial charge is 0.334 e. The van der Waals surface area contributed by atoms with Crippen LogP contribution < -0.4 is 10.2 Å². The van der Waals surface area contributed by atoms with Gasteiger partial charge in [0.25, 0.3) is 0 Å². The van der Waals surface area contributed by atoms with Gasteiger partial charge in [0.2, 0.25) is 5.82 Å². The first-order valence-electron chi connectivity index (χ1n) is 6.68. The molecule has 0 radical (unpaired) electrons. The Balaban J connectivity index is 2.30. The third-order valence-corrected chi connectivity index (χ3v) is 3.66. The van der Waals surface area contributed by atoms with Gasteiger partial charge in [-0.25, -0.2) is 4.68 Å². The average molecular weight is 267 g/mol. The van der Waals surface area contributed by atoms with Crippen molar-refractivity contribution >= 4 is 11.5 Å². The van der Waals surface area contributed by atoms with Gasteiger partial charge in [0.1, 0.15) is 5.69 Å². The number of nitro groups is 1. The predicted octanol–water partition coefficient (Wildman–Crippen LogP) is 0.936. The van der Waals surface area contributed by atoms with Gasteiger partial charge in [-0.15, -0.1) is 0 Å². The first-order valence-corrected chi connectivity index (χ1v) is 6.68. The number of anilines is 1. The normalized spacial score (nSPS) is 19.1. The first kappa shape index (κ1) is 13.8. The highest BCUT2D eigenvalue weighted by atomic mass is 16.6. The van der Waals surface area contributed by atoms with E-state index in [0.29, 0.717) is 23.9 Å². The monoisotopic (exact) mass is 267 g/mol. The van der Waals surface area contributed by atoms with E-state index in [4.69, 9.17) is 0 Å². The number of nitrogens with one attached hydrogen (secondary N) is 1. The van der Waals surface area contributed by atoms with Crippen molar-refractivity contribution in [1.82, 2.24) is 15.1 Å². The van der Waals surface area contributed by atoms with Gasteiger partial charge >= 0.3 is 5.69 Å². The fourth-order valence-corrected chi connectivity index (χ4v) is 2.82. The van der Waals surface area contributed by atoms with Crippen LogP contribution >= 0.6 is 0 Å². The molecule has 1 saturated heterocycles. The second-order valence-corrected chi connectivity index (χ2v) is 5.01. The largest absolute Gasteiger partial charge is 0.351 e. The fraction of sp³-hybridized carbons (Fsp3) is 0.750. The summed E-state index contributed by atoms with van der Waals surface area (Å²) in [6, 6.07) is 0. The lowest BCUT2D eigenvalue weighted by Gasteiger charge is -2.17. The summed E-state index contributed by atoms with van der Waals surface area (Å²) in [5.41, 5.74) is 0.745. The van der Waals surface area contributed by atoms with Gasteiger partial charge in [-0.1, -0.05) is 6.92 Å². The van der Waals surface area contributed by atoms with Gasteiger partial charge in [0.05, 0.1) is 4.92 Å². The lowest BCUT2D eigenvalue weighted by Crippen LogP contribution is -2.26. The van der Waals surface area contributed by atoms with Crippen molar-refractivity contribution in [3.05, 3.63) is 15.8 Å². The number of aromatic nitrogens is 2. The molecule has 7 nitrogen and oxygen atoms in total. The Morgan fingerprint density at radius 1 is 1.58 bits per heavy atom. The van der Waals surface area contributed by atoms with Crippen LogP contribution in [0.5, 0.6) is 0 Å². The minimum absolute atomic E-state index is 0.176. The predicted molar refractivity (Wildman–Crippen MR) is 73.5 cm³/mol. The summed E-state index contributed by atoms with van der Waals surface area (Å²) in [4.78, 5) is 13.1. The van der Waals surface area contributed by atoms with E-state index in [2.05, 4.69) is 15.3 Å². The summed E-state index contributed by atoms with van der Waals surface area (Å²) in [5.74, 6) is 1.20. The van der Waals surface area contributed by atoms with Crippen molar-refractivity contribution in [3.8, 4) is 0 Å². The molecular weight excluding hydrogens is 246 g/mol. The number of rotatable bonds is 5. The van der Waals surface area contributed by atoms with Crippen molar-refractivity contribution in [2.45, 2.75) is 19.8 Å². The van der Waals surface area contributed by atoms with Crippen LogP contribution in [0, 0.1) is 16.0 Å². The van der Waals surface area contributed by atoms with E-state index in [-0.39, 0.29) is 10.6 Å². The van der Waals surface area contributed by atoms with Crippen molar-refractivity contribution in [2.24, 2.45) is 13.0 Å². The molecule has 0 bridgehead atoms. The number of aryl methyl sites for hydroxylation is 2. The first-order chi connectivity index (χ1) is 9.08. The SMILES string of the molecule is CCc1nn(C)c(N2CCC(CNC)C2)c1[N+](=O)[O-]. The molecule has 0 aliphatic carbocycles. The molecule has 1 aromatic rings. The minimum atomic E-state index is -0.299. The van der Waals surface area contributed by atoms with E-state index in [9.17, 15) is 10.1 Å². The molecule has 1 aromatic heterocycles. The van der Waals surface area contributed by atoms with Crippen LogP contribution in [-0.2, 0) is 13.5 Å². The zero-order valence-electron chi connectivity index (χ0n) is 11.7. The second kappa shape index (κ2) is 5.56. The summed E-state index contributed by atoms with van der Waals surface area (Å²) in [6.07, 6.45) is 1.64. The molecule has 1 unspecified atom stereocenters. The van der Waals surface area contributed by atoms with E-state index in [1.54, 1.807) is 11.7 Å². The zero-order valence-corrected chi connectivity index (χ0v) is 11.7. The molecule has 1 aliphatic rings. The molecule has 1 N–H and O–H groups in total. The lowest BCUT2D eigenvalue weighted by atomic mass is 10.1. The Morgan fingerprint density at radius 2 is 2.32 bits per heavy atom. The topological polar surface area (TPSA) is 76.2 Å². The maximum absolute atomic E-state index is 11.3. The summed E-state index contributed by atoms with van der Waals surface area (Å²) < 4.78 is 1.65. The van der Waals surface area contributed by atoms with E-state index in [0.717, 1.165) is 26.1 Å². The van der Waals surface area contributed by atoms with Gasteiger partial charge in [0.15, 0.2) is 0 Å². The van der Waals surface area contributed by atoms with E-state index >= 15 is 0 Å². The van der Waals surface area contributed by atoms with Crippen LogP contribution in [0.2, 0.25) is 0 Å². The van der Waals surface area contributed by atoms with Crippen molar-refractivity contribution in [1.29, 1.82) is 0 Å². The maximum Gasteiger partial charge on any atom is 0.334 e. The molecule has 2 rings (SSSR count). The third-order valence-electron chi connectivity index (χ3n) is 3.66. The van der Waals surface area contributed by atoms with Crippen LogP contribution in [0.1, 0.15) is 19.0 Å². The van der Waals surface area contributed by atoms with Crippen LogP contribution in [-0.4, -0.2) is 41.4 Å². The summed E-state index contributed by atoms with van der Waals surface area (Å²) in [5, 5.41) is 18.7. The third kappa shape index (κ3) is 2.56. The van der Waals surface area contributed by atoms with Crippen LogP contribution in [0.4, 0.5) is 11.5 Å².